The lowest BCUT2D eigenvalue weighted by molar-refractivity contribution is -0.125. The number of nitrogens with two attached hydrogens (primary N) is 1. The normalized spacial score (nSPS) is 23.6. The van der Waals surface area contributed by atoms with Crippen LogP contribution in [0.4, 0.5) is 0 Å². The van der Waals surface area contributed by atoms with Crippen molar-refractivity contribution in [1.82, 2.24) is 5.32 Å². The zero-order valence-corrected chi connectivity index (χ0v) is 10.3. The van der Waals surface area contributed by atoms with Gasteiger partial charge in [-0.3, -0.25) is 4.79 Å². The predicted octanol–water partition coefficient (Wildman–Crippen LogP) is 1.74. The maximum absolute atomic E-state index is 11.9. The second-order valence-corrected chi connectivity index (χ2v) is 4.85. The van der Waals surface area contributed by atoms with E-state index < -0.39 is 0 Å². The third-order valence-electron chi connectivity index (χ3n) is 3.62. The highest BCUT2D eigenvalue weighted by molar-refractivity contribution is 5.79. The molecule has 2 atom stereocenters. The van der Waals surface area contributed by atoms with E-state index in [9.17, 15) is 4.79 Å². The SMILES string of the molecule is Cc1ccccc1CNC(=O)C1CCCC1N. The first-order valence-corrected chi connectivity index (χ1v) is 6.26. The van der Waals surface area contributed by atoms with Gasteiger partial charge in [-0.15, -0.1) is 0 Å². The molecule has 92 valence electrons. The fourth-order valence-corrected chi connectivity index (χ4v) is 2.44. The summed E-state index contributed by atoms with van der Waals surface area (Å²) in [5, 5.41) is 2.99. The molecule has 0 radical (unpaired) electrons. The van der Waals surface area contributed by atoms with Gasteiger partial charge in [0, 0.05) is 12.6 Å². The minimum Gasteiger partial charge on any atom is -0.352 e. The Hall–Kier alpha value is -1.35. The Bertz CT molecular complexity index is 403. The van der Waals surface area contributed by atoms with Gasteiger partial charge in [0.1, 0.15) is 0 Å². The molecule has 0 heterocycles. The number of hydrogen-bond acceptors (Lipinski definition) is 2. The summed E-state index contributed by atoms with van der Waals surface area (Å²) in [6.45, 7) is 2.66. The Morgan fingerprint density at radius 1 is 1.41 bits per heavy atom. The number of rotatable bonds is 3. The smallest absolute Gasteiger partial charge is 0.224 e. The summed E-state index contributed by atoms with van der Waals surface area (Å²) < 4.78 is 0. The quantitative estimate of drug-likeness (QED) is 0.834. The molecule has 17 heavy (non-hydrogen) atoms. The molecule has 0 bridgehead atoms. The minimum atomic E-state index is 0.0130. The maximum Gasteiger partial charge on any atom is 0.224 e. The van der Waals surface area contributed by atoms with E-state index in [2.05, 4.69) is 18.3 Å². The predicted molar refractivity (Wildman–Crippen MR) is 68.3 cm³/mol. The van der Waals surface area contributed by atoms with E-state index in [1.165, 1.54) is 11.1 Å². The zero-order valence-electron chi connectivity index (χ0n) is 10.3. The van der Waals surface area contributed by atoms with Gasteiger partial charge in [-0.25, -0.2) is 0 Å². The number of carbonyl (C=O) groups is 1. The number of nitrogens with one attached hydrogen (secondary N) is 1. The highest BCUT2D eigenvalue weighted by Gasteiger charge is 2.29. The molecule has 1 amide bonds. The van der Waals surface area contributed by atoms with Crippen LogP contribution in [-0.4, -0.2) is 11.9 Å². The molecule has 3 nitrogen and oxygen atoms in total. The van der Waals surface area contributed by atoms with Crippen molar-refractivity contribution in [2.45, 2.75) is 38.8 Å². The van der Waals surface area contributed by atoms with Gasteiger partial charge in [0.05, 0.1) is 5.92 Å². The van der Waals surface area contributed by atoms with Crippen LogP contribution in [0, 0.1) is 12.8 Å². The molecule has 0 aromatic heterocycles. The second-order valence-electron chi connectivity index (χ2n) is 4.85. The Morgan fingerprint density at radius 2 is 2.18 bits per heavy atom. The molecular weight excluding hydrogens is 212 g/mol. The van der Waals surface area contributed by atoms with Crippen LogP contribution in [0.3, 0.4) is 0 Å². The third kappa shape index (κ3) is 2.86. The van der Waals surface area contributed by atoms with Gasteiger partial charge in [0.15, 0.2) is 0 Å². The fraction of sp³-hybridized carbons (Fsp3) is 0.500. The zero-order chi connectivity index (χ0) is 12.3. The van der Waals surface area contributed by atoms with Crippen LogP contribution in [0.25, 0.3) is 0 Å². The lowest BCUT2D eigenvalue weighted by atomic mass is 10.0. The van der Waals surface area contributed by atoms with Crippen molar-refractivity contribution in [3.63, 3.8) is 0 Å². The molecule has 3 heteroatoms. The second kappa shape index (κ2) is 5.32. The summed E-state index contributed by atoms with van der Waals surface area (Å²) in [6.07, 6.45) is 2.98. The Kier molecular flexibility index (Phi) is 3.79. The molecule has 1 fully saturated rings. The molecule has 3 N–H and O–H groups in total. The van der Waals surface area contributed by atoms with Crippen molar-refractivity contribution in [2.24, 2.45) is 11.7 Å². The summed E-state index contributed by atoms with van der Waals surface area (Å²) in [6, 6.07) is 8.16. The van der Waals surface area contributed by atoms with E-state index in [-0.39, 0.29) is 17.9 Å². The van der Waals surface area contributed by atoms with Gasteiger partial charge >= 0.3 is 0 Å². The summed E-state index contributed by atoms with van der Waals surface area (Å²) in [5.41, 5.74) is 8.30. The monoisotopic (exact) mass is 232 g/mol. The van der Waals surface area contributed by atoms with E-state index in [1.54, 1.807) is 0 Å². The van der Waals surface area contributed by atoms with Crippen molar-refractivity contribution >= 4 is 5.91 Å². The highest BCUT2D eigenvalue weighted by Crippen LogP contribution is 2.24. The van der Waals surface area contributed by atoms with Crippen LogP contribution in [0.1, 0.15) is 30.4 Å². The summed E-state index contributed by atoms with van der Waals surface area (Å²) in [5.74, 6) is 0.122. The van der Waals surface area contributed by atoms with Gasteiger partial charge in [0.25, 0.3) is 0 Å². The van der Waals surface area contributed by atoms with E-state index >= 15 is 0 Å². The number of hydrogen-bond donors (Lipinski definition) is 2. The molecule has 0 spiro atoms. The van der Waals surface area contributed by atoms with Crippen LogP contribution in [-0.2, 0) is 11.3 Å². The van der Waals surface area contributed by atoms with E-state index in [0.717, 1.165) is 19.3 Å². The molecule has 1 saturated carbocycles. The lowest BCUT2D eigenvalue weighted by Gasteiger charge is -2.15. The topological polar surface area (TPSA) is 55.1 Å². The van der Waals surface area contributed by atoms with Crippen molar-refractivity contribution in [3.8, 4) is 0 Å². The largest absolute Gasteiger partial charge is 0.352 e. The van der Waals surface area contributed by atoms with Crippen LogP contribution in [0.15, 0.2) is 24.3 Å². The first kappa shape index (κ1) is 12.1. The number of carbonyl (C=O) groups excluding carboxylic acids is 1. The molecule has 0 aliphatic heterocycles. The first-order chi connectivity index (χ1) is 8.18. The van der Waals surface area contributed by atoms with Crippen molar-refractivity contribution in [1.29, 1.82) is 0 Å². The van der Waals surface area contributed by atoms with E-state index in [0.29, 0.717) is 6.54 Å². The number of benzene rings is 1. The van der Waals surface area contributed by atoms with Crippen molar-refractivity contribution in [2.75, 3.05) is 0 Å². The minimum absolute atomic E-state index is 0.0130. The third-order valence-corrected chi connectivity index (χ3v) is 3.62. The van der Waals surface area contributed by atoms with Crippen LogP contribution < -0.4 is 11.1 Å². The number of aryl methyl sites for hydroxylation is 1. The van der Waals surface area contributed by atoms with Crippen molar-refractivity contribution < 1.29 is 4.79 Å². The Balaban J connectivity index is 1.90. The molecule has 1 aromatic carbocycles. The lowest BCUT2D eigenvalue weighted by Crippen LogP contribution is -2.38. The molecular formula is C14H20N2O. The molecule has 1 aliphatic carbocycles. The van der Waals surface area contributed by atoms with Gasteiger partial charge in [-0.05, 0) is 30.9 Å². The molecule has 2 unspecified atom stereocenters. The van der Waals surface area contributed by atoms with Gasteiger partial charge < -0.3 is 11.1 Å². The van der Waals surface area contributed by atoms with E-state index in [4.69, 9.17) is 5.73 Å². The molecule has 2 rings (SSSR count). The molecule has 1 aromatic rings. The van der Waals surface area contributed by atoms with Crippen LogP contribution in [0.5, 0.6) is 0 Å². The van der Waals surface area contributed by atoms with Crippen molar-refractivity contribution in [3.05, 3.63) is 35.4 Å². The summed E-state index contributed by atoms with van der Waals surface area (Å²) >= 11 is 0. The number of amides is 1. The van der Waals surface area contributed by atoms with Gasteiger partial charge in [-0.1, -0.05) is 30.7 Å². The van der Waals surface area contributed by atoms with E-state index in [1.807, 2.05) is 18.2 Å². The Labute approximate surface area is 102 Å². The highest BCUT2D eigenvalue weighted by atomic mass is 16.1. The van der Waals surface area contributed by atoms with Crippen LogP contribution in [0.2, 0.25) is 0 Å². The average molecular weight is 232 g/mol. The maximum atomic E-state index is 11.9. The first-order valence-electron chi connectivity index (χ1n) is 6.26. The Morgan fingerprint density at radius 3 is 2.82 bits per heavy atom. The average Bonchev–Trinajstić information content (AvgIpc) is 2.74. The molecule has 1 aliphatic rings. The summed E-state index contributed by atoms with van der Waals surface area (Å²) in [4.78, 5) is 11.9. The van der Waals surface area contributed by atoms with Gasteiger partial charge in [-0.2, -0.15) is 0 Å². The van der Waals surface area contributed by atoms with Crippen LogP contribution >= 0.6 is 0 Å². The fourth-order valence-electron chi connectivity index (χ4n) is 2.44. The van der Waals surface area contributed by atoms with Gasteiger partial charge in [0.2, 0.25) is 5.91 Å². The molecule has 0 saturated heterocycles. The standard InChI is InChI=1S/C14H20N2O/c1-10-5-2-3-6-11(10)9-16-14(17)12-7-4-8-13(12)15/h2-3,5-6,12-13H,4,7-9,15H2,1H3,(H,16,17). The summed E-state index contributed by atoms with van der Waals surface area (Å²) in [7, 11) is 0.